The standard InChI is InChI=1S/C18H18N4O3S/c1-11-3-8-14(15(23)9-11)19-16(24)10-22-17(20-21-18(22)26)12-4-6-13(25-2)7-5-12/h3-9,23H,10H2,1-2H3,(H,19,24)(H,21,26). The fourth-order valence-electron chi connectivity index (χ4n) is 2.51. The van der Waals surface area contributed by atoms with Gasteiger partial charge in [0.2, 0.25) is 5.91 Å². The molecule has 0 aliphatic heterocycles. The van der Waals surface area contributed by atoms with Crippen LogP contribution in [-0.4, -0.2) is 32.9 Å². The molecule has 0 bridgehead atoms. The second-order valence-electron chi connectivity index (χ2n) is 5.74. The Morgan fingerprint density at radius 1 is 1.31 bits per heavy atom. The third kappa shape index (κ3) is 3.75. The number of hydrogen-bond donors (Lipinski definition) is 3. The number of hydrogen-bond acceptors (Lipinski definition) is 5. The molecule has 1 aromatic heterocycles. The molecule has 0 saturated carbocycles. The number of benzene rings is 2. The number of methoxy groups -OCH3 is 1. The van der Waals surface area contributed by atoms with Crippen LogP contribution in [0.5, 0.6) is 11.5 Å². The van der Waals surface area contributed by atoms with Gasteiger partial charge in [-0.1, -0.05) is 6.07 Å². The first-order valence-corrected chi connectivity index (χ1v) is 8.28. The van der Waals surface area contributed by atoms with Crippen LogP contribution in [0.2, 0.25) is 0 Å². The number of rotatable bonds is 5. The molecule has 134 valence electrons. The lowest BCUT2D eigenvalue weighted by Gasteiger charge is -2.10. The van der Waals surface area contributed by atoms with Crippen molar-refractivity contribution in [3.63, 3.8) is 0 Å². The highest BCUT2D eigenvalue weighted by Crippen LogP contribution is 2.24. The summed E-state index contributed by atoms with van der Waals surface area (Å²) in [4.78, 5) is 12.4. The van der Waals surface area contributed by atoms with E-state index >= 15 is 0 Å². The predicted octanol–water partition coefficient (Wildman–Crippen LogP) is 3.27. The second kappa shape index (κ2) is 7.40. The van der Waals surface area contributed by atoms with Gasteiger partial charge in [0.1, 0.15) is 18.0 Å². The minimum atomic E-state index is -0.323. The average Bonchev–Trinajstić information content (AvgIpc) is 2.98. The zero-order chi connectivity index (χ0) is 18.7. The summed E-state index contributed by atoms with van der Waals surface area (Å²) in [6, 6.07) is 12.3. The quantitative estimate of drug-likeness (QED) is 0.474. The Kier molecular flexibility index (Phi) is 5.04. The SMILES string of the molecule is COc1ccc(-c2n[nH]c(=S)n2CC(=O)Nc2ccc(C)cc2O)cc1. The number of amides is 1. The van der Waals surface area contributed by atoms with Crippen LogP contribution in [-0.2, 0) is 11.3 Å². The van der Waals surface area contributed by atoms with Gasteiger partial charge in [-0.05, 0) is 61.1 Å². The van der Waals surface area contributed by atoms with Crippen LogP contribution in [0.4, 0.5) is 5.69 Å². The fraction of sp³-hybridized carbons (Fsp3) is 0.167. The van der Waals surface area contributed by atoms with Crippen molar-refractivity contribution in [1.29, 1.82) is 0 Å². The van der Waals surface area contributed by atoms with Gasteiger partial charge in [0.25, 0.3) is 0 Å². The van der Waals surface area contributed by atoms with Gasteiger partial charge in [-0.25, -0.2) is 0 Å². The number of carbonyl (C=O) groups excluding carboxylic acids is 1. The Morgan fingerprint density at radius 2 is 2.04 bits per heavy atom. The third-order valence-electron chi connectivity index (χ3n) is 3.84. The Balaban J connectivity index is 1.82. The molecule has 26 heavy (non-hydrogen) atoms. The van der Waals surface area contributed by atoms with Gasteiger partial charge in [-0.15, -0.1) is 0 Å². The summed E-state index contributed by atoms with van der Waals surface area (Å²) in [6.45, 7) is 1.82. The Labute approximate surface area is 155 Å². The number of aromatic amines is 1. The Hall–Kier alpha value is -3.13. The molecule has 0 atom stereocenters. The molecule has 3 aromatic rings. The first-order valence-electron chi connectivity index (χ1n) is 7.87. The topological polar surface area (TPSA) is 92.2 Å². The van der Waals surface area contributed by atoms with E-state index in [1.54, 1.807) is 23.8 Å². The average molecular weight is 370 g/mol. The van der Waals surface area contributed by atoms with E-state index in [0.29, 0.717) is 16.3 Å². The van der Waals surface area contributed by atoms with Crippen LogP contribution in [0.1, 0.15) is 5.56 Å². The molecule has 0 aliphatic carbocycles. The zero-order valence-corrected chi connectivity index (χ0v) is 15.1. The summed E-state index contributed by atoms with van der Waals surface area (Å²) in [7, 11) is 1.59. The number of carbonyl (C=O) groups is 1. The number of phenolic OH excluding ortho intramolecular Hbond substituents is 1. The summed E-state index contributed by atoms with van der Waals surface area (Å²) in [5.74, 6) is 0.962. The molecule has 0 radical (unpaired) electrons. The summed E-state index contributed by atoms with van der Waals surface area (Å²) >= 11 is 5.24. The van der Waals surface area contributed by atoms with E-state index in [0.717, 1.165) is 16.9 Å². The van der Waals surface area contributed by atoms with Crippen molar-refractivity contribution in [2.75, 3.05) is 12.4 Å². The van der Waals surface area contributed by atoms with Gasteiger partial charge < -0.3 is 15.2 Å². The highest BCUT2D eigenvalue weighted by Gasteiger charge is 2.14. The van der Waals surface area contributed by atoms with Crippen LogP contribution in [0, 0.1) is 11.7 Å². The molecule has 0 unspecified atom stereocenters. The van der Waals surface area contributed by atoms with E-state index < -0.39 is 0 Å². The lowest BCUT2D eigenvalue weighted by Crippen LogP contribution is -2.19. The minimum Gasteiger partial charge on any atom is -0.506 e. The van der Waals surface area contributed by atoms with Crippen molar-refractivity contribution in [3.05, 3.63) is 52.8 Å². The number of aromatic hydroxyl groups is 1. The molecule has 2 aromatic carbocycles. The van der Waals surface area contributed by atoms with Gasteiger partial charge in [-0.2, -0.15) is 5.10 Å². The summed E-state index contributed by atoms with van der Waals surface area (Å²) in [5.41, 5.74) is 2.05. The van der Waals surface area contributed by atoms with E-state index in [4.69, 9.17) is 17.0 Å². The molecule has 0 aliphatic rings. The van der Waals surface area contributed by atoms with E-state index in [1.807, 2.05) is 37.3 Å². The van der Waals surface area contributed by atoms with Crippen LogP contribution in [0.3, 0.4) is 0 Å². The van der Waals surface area contributed by atoms with E-state index in [1.165, 1.54) is 0 Å². The molecule has 3 N–H and O–H groups in total. The first kappa shape index (κ1) is 17.7. The van der Waals surface area contributed by atoms with Gasteiger partial charge in [0.15, 0.2) is 10.6 Å². The van der Waals surface area contributed by atoms with Crippen molar-refractivity contribution in [1.82, 2.24) is 14.8 Å². The number of aromatic nitrogens is 3. The maximum absolute atomic E-state index is 12.4. The van der Waals surface area contributed by atoms with E-state index in [2.05, 4.69) is 15.5 Å². The highest BCUT2D eigenvalue weighted by atomic mass is 32.1. The molecule has 8 heteroatoms. The number of nitrogens with zero attached hydrogens (tertiary/aromatic N) is 2. The molecular formula is C18H18N4O3S. The van der Waals surface area contributed by atoms with Gasteiger partial charge >= 0.3 is 0 Å². The number of aryl methyl sites for hydroxylation is 1. The van der Waals surface area contributed by atoms with Crippen molar-refractivity contribution < 1.29 is 14.6 Å². The van der Waals surface area contributed by atoms with Crippen molar-refractivity contribution in [2.45, 2.75) is 13.5 Å². The van der Waals surface area contributed by atoms with E-state index in [-0.39, 0.29) is 18.2 Å². The van der Waals surface area contributed by atoms with Crippen LogP contribution >= 0.6 is 12.2 Å². The lowest BCUT2D eigenvalue weighted by atomic mass is 10.2. The summed E-state index contributed by atoms with van der Waals surface area (Å²) < 4.78 is 7.08. The molecule has 0 saturated heterocycles. The Bertz CT molecular complexity index is 992. The van der Waals surface area contributed by atoms with Gasteiger partial charge in [0, 0.05) is 5.56 Å². The van der Waals surface area contributed by atoms with Gasteiger partial charge in [-0.3, -0.25) is 14.5 Å². The monoisotopic (exact) mass is 370 g/mol. The number of H-pyrrole nitrogens is 1. The Morgan fingerprint density at radius 3 is 2.69 bits per heavy atom. The second-order valence-corrected chi connectivity index (χ2v) is 6.12. The summed E-state index contributed by atoms with van der Waals surface area (Å²) in [6.07, 6.45) is 0. The summed E-state index contributed by atoms with van der Waals surface area (Å²) in [5, 5.41) is 19.5. The molecule has 0 fully saturated rings. The predicted molar refractivity (Wildman–Crippen MR) is 101 cm³/mol. The maximum Gasteiger partial charge on any atom is 0.244 e. The van der Waals surface area contributed by atoms with Gasteiger partial charge in [0.05, 0.1) is 12.8 Å². The number of anilines is 1. The molecular weight excluding hydrogens is 352 g/mol. The van der Waals surface area contributed by atoms with Crippen molar-refractivity contribution >= 4 is 23.8 Å². The fourth-order valence-corrected chi connectivity index (χ4v) is 2.70. The van der Waals surface area contributed by atoms with Crippen LogP contribution in [0.15, 0.2) is 42.5 Å². The number of nitrogens with one attached hydrogen (secondary N) is 2. The molecule has 3 rings (SSSR count). The number of phenols is 1. The normalized spacial score (nSPS) is 10.5. The van der Waals surface area contributed by atoms with Crippen LogP contribution in [0.25, 0.3) is 11.4 Å². The van der Waals surface area contributed by atoms with Crippen molar-refractivity contribution in [3.8, 4) is 22.9 Å². The van der Waals surface area contributed by atoms with Crippen molar-refractivity contribution in [2.24, 2.45) is 0 Å². The lowest BCUT2D eigenvalue weighted by molar-refractivity contribution is -0.116. The molecule has 1 amide bonds. The largest absolute Gasteiger partial charge is 0.506 e. The smallest absolute Gasteiger partial charge is 0.244 e. The van der Waals surface area contributed by atoms with E-state index in [9.17, 15) is 9.90 Å². The minimum absolute atomic E-state index is 0.0181. The van der Waals surface area contributed by atoms with Crippen LogP contribution < -0.4 is 10.1 Å². The highest BCUT2D eigenvalue weighted by molar-refractivity contribution is 7.71. The molecule has 7 nitrogen and oxygen atoms in total. The third-order valence-corrected chi connectivity index (χ3v) is 4.15. The first-order chi connectivity index (χ1) is 12.5. The zero-order valence-electron chi connectivity index (χ0n) is 14.3. The maximum atomic E-state index is 12.4. The molecule has 0 spiro atoms. The number of ether oxygens (including phenoxy) is 1. The molecule has 1 heterocycles.